The lowest BCUT2D eigenvalue weighted by Gasteiger charge is -2.14. The molecule has 0 aliphatic carbocycles. The number of anilines is 4. The van der Waals surface area contributed by atoms with Gasteiger partial charge in [0.2, 0.25) is 57.5 Å². The number of amides is 9. The number of hydrogen-bond donors (Lipinski definition) is 8. The normalized spacial score (nSPS) is 12.5. The van der Waals surface area contributed by atoms with Gasteiger partial charge in [-0.15, -0.1) is 0 Å². The molecule has 2 saturated heterocycles. The number of ketones is 1. The van der Waals surface area contributed by atoms with Crippen molar-refractivity contribution in [2.45, 2.75) is 200 Å². The molecule has 778 valence electrons. The molecule has 9 amide bonds. The minimum Gasteiger partial charge on any atom is -0.370 e. The number of aromatic nitrogens is 6. The highest BCUT2D eigenvalue weighted by molar-refractivity contribution is 8.16. The minimum absolute atomic E-state index is 0. The maximum Gasteiger partial charge on any atom is 0.346 e. The molecule has 2 unspecified atom stereocenters. The maximum atomic E-state index is 12.8. The van der Waals surface area contributed by atoms with Crippen molar-refractivity contribution in [1.82, 2.24) is 35.4 Å². The lowest BCUT2D eigenvalue weighted by molar-refractivity contribution is -0.132. The summed E-state index contributed by atoms with van der Waals surface area (Å²) < 4.78 is 10.4. The molecule has 12 aromatic rings. The molecule has 2 atom stereocenters. The van der Waals surface area contributed by atoms with Gasteiger partial charge in [-0.3, -0.25) is 81.4 Å². The van der Waals surface area contributed by atoms with Crippen molar-refractivity contribution in [3.63, 3.8) is 0 Å². The number of benzene rings is 9. The van der Waals surface area contributed by atoms with Gasteiger partial charge in [-0.25, -0.2) is 49.7 Å². The van der Waals surface area contributed by atoms with Crippen molar-refractivity contribution in [1.29, 1.82) is 0 Å². The van der Waals surface area contributed by atoms with Crippen LogP contribution in [-0.2, 0) is 85.2 Å². The van der Waals surface area contributed by atoms with Gasteiger partial charge in [-0.1, -0.05) is 241 Å². The van der Waals surface area contributed by atoms with Crippen molar-refractivity contribution in [2.75, 3.05) is 26.8 Å². The SMILES string of the molecule is C.C.C.C.C.C.CC(=O)c1ccc(N2SC(=O)C(Cc3ccccc3)C2=O)cc1.NC(=O)CCCCC(=O)Nc1ccc(-n2sc(=O)n(Cc3ccccc3)c2=O)cc1.NC(=O)CCCCCCC(=O)Nc1ccc(-n2sc(=O)n(Cc3ccccc3)c2=O)cc1.NC(=O)CCCCCCCCC(=O)Nc1ccc(-n2sc(=O)n(Cc3ccccc3)c2=O)cc1.O=C(/C=C/CN1SC(=O)C(Cc2ccccc2)C1=O)NO. The summed E-state index contributed by atoms with van der Waals surface area (Å²) in [6.45, 7) is 2.28. The highest BCUT2D eigenvalue weighted by atomic mass is 32.2. The average molecular weight is 2090 g/mol. The quantitative estimate of drug-likeness (QED) is 0.00335. The molecule has 0 saturated carbocycles. The number of hydroxylamine groups is 1. The van der Waals surface area contributed by atoms with E-state index in [2.05, 4.69) is 16.0 Å². The Morgan fingerprint density at radius 2 is 0.610 bits per heavy atom. The first-order valence-corrected chi connectivity index (χ1v) is 48.9. The highest BCUT2D eigenvalue weighted by Gasteiger charge is 2.42. The topological polar surface area (TPSA) is 490 Å². The first-order chi connectivity index (χ1) is 67.5. The molecule has 5 heterocycles. The zero-order valence-electron chi connectivity index (χ0n) is 76.6. The van der Waals surface area contributed by atoms with Crippen LogP contribution in [0.5, 0.6) is 0 Å². The first kappa shape index (κ1) is 123. The predicted molar refractivity (Wildman–Crippen MR) is 583 cm³/mol. The average Bonchev–Trinajstić information content (AvgIpc) is 1.66. The van der Waals surface area contributed by atoms with Gasteiger partial charge < -0.3 is 33.2 Å². The zero-order chi connectivity index (χ0) is 100. The first-order valence-electron chi connectivity index (χ1n) is 45.0. The number of nitrogens with one attached hydrogen (secondary N) is 4. The van der Waals surface area contributed by atoms with Crippen molar-refractivity contribution >= 4 is 150 Å². The number of hydrogen-bond acceptors (Lipinski definition) is 24. The Morgan fingerprint density at radius 3 is 0.918 bits per heavy atom. The Labute approximate surface area is 869 Å². The van der Waals surface area contributed by atoms with E-state index in [1.54, 1.807) is 97.1 Å². The van der Waals surface area contributed by atoms with Crippen molar-refractivity contribution in [3.05, 3.63) is 355 Å². The van der Waals surface area contributed by atoms with E-state index in [-0.39, 0.29) is 161 Å². The van der Waals surface area contributed by atoms with E-state index in [0.717, 1.165) is 157 Å². The van der Waals surface area contributed by atoms with E-state index in [9.17, 15) is 86.3 Å². The second-order valence-electron chi connectivity index (χ2n) is 32.3. The number of carbonyl (C=O) groups is 12. The van der Waals surface area contributed by atoms with E-state index in [1.165, 1.54) is 52.7 Å². The number of Topliss-reactive ketones (excluding diaryl/α,β-unsaturated/α-hetero) is 1. The van der Waals surface area contributed by atoms with Gasteiger partial charge in [0.1, 0.15) is 11.8 Å². The van der Waals surface area contributed by atoms with E-state index in [1.807, 2.05) is 152 Å². The summed E-state index contributed by atoms with van der Waals surface area (Å²) in [7, 11) is 0. The van der Waals surface area contributed by atoms with E-state index in [4.69, 9.17) is 22.4 Å². The Balaban J connectivity index is 0.000000380. The molecular weight excluding hydrogens is 1960 g/mol. The molecule has 2 aliphatic rings. The van der Waals surface area contributed by atoms with Crippen LogP contribution in [0.4, 0.5) is 22.7 Å². The van der Waals surface area contributed by atoms with E-state index >= 15 is 0 Å². The summed E-state index contributed by atoms with van der Waals surface area (Å²) in [6, 6.07) is 74.0. The van der Waals surface area contributed by atoms with Crippen LogP contribution in [0.3, 0.4) is 0 Å². The molecular formula is C107H131N15O19S5. The van der Waals surface area contributed by atoms with Gasteiger partial charge in [-0.2, -0.15) is 0 Å². The van der Waals surface area contributed by atoms with Crippen LogP contribution in [0.25, 0.3) is 17.1 Å². The molecule has 2 fully saturated rings. The third-order valence-corrected chi connectivity index (χ3v) is 26.4. The molecule has 2 aliphatic heterocycles. The lowest BCUT2D eigenvalue weighted by Crippen LogP contribution is -2.28. The maximum absolute atomic E-state index is 12.8. The molecule has 34 nitrogen and oxygen atoms in total. The zero-order valence-corrected chi connectivity index (χ0v) is 80.7. The van der Waals surface area contributed by atoms with Gasteiger partial charge >= 0.3 is 31.7 Å². The number of nitrogens with zero attached hydrogens (tertiary/aromatic N) is 8. The van der Waals surface area contributed by atoms with E-state index in [0.29, 0.717) is 103 Å². The molecule has 0 bridgehead atoms. The van der Waals surface area contributed by atoms with Crippen LogP contribution in [0, 0.1) is 11.8 Å². The Morgan fingerprint density at radius 1 is 0.336 bits per heavy atom. The Hall–Kier alpha value is -14.9. The fourth-order valence-corrected chi connectivity index (χ4v) is 18.4. The fourth-order valence-electron chi connectivity index (χ4n) is 14.2. The second-order valence-corrected chi connectivity index (χ2v) is 36.9. The van der Waals surface area contributed by atoms with Crippen LogP contribution in [0.15, 0.2) is 290 Å². The van der Waals surface area contributed by atoms with Crippen molar-refractivity contribution in [3.8, 4) is 17.1 Å². The third kappa shape index (κ3) is 39.3. The van der Waals surface area contributed by atoms with Gasteiger partial charge in [0.25, 0.3) is 5.91 Å². The Kier molecular flexibility index (Phi) is 54.1. The lowest BCUT2D eigenvalue weighted by atomic mass is 9.99. The monoisotopic (exact) mass is 2090 g/mol. The smallest absolute Gasteiger partial charge is 0.346 e. The second kappa shape index (κ2) is 64.0. The Bertz CT molecular complexity index is 6650. The van der Waals surface area contributed by atoms with Crippen LogP contribution < -0.4 is 74.6 Å². The van der Waals surface area contributed by atoms with Gasteiger partial charge in [0.15, 0.2) is 5.78 Å². The number of rotatable bonds is 42. The summed E-state index contributed by atoms with van der Waals surface area (Å²) in [5.74, 6) is -3.77. The molecule has 11 N–H and O–H groups in total. The molecule has 0 spiro atoms. The molecule has 146 heavy (non-hydrogen) atoms. The van der Waals surface area contributed by atoms with Crippen molar-refractivity contribution in [2.24, 2.45) is 29.0 Å². The summed E-state index contributed by atoms with van der Waals surface area (Å²) in [5.41, 5.74) is 24.8. The summed E-state index contributed by atoms with van der Waals surface area (Å²) in [5, 5.41) is 16.5. The summed E-state index contributed by atoms with van der Waals surface area (Å²) in [6.07, 6.45) is 15.5. The standard InChI is InChI=1S/C25H30N4O4S.C23H26N4O4S.C21H22N4O4S.C18H15NO3S.C14H14N2O4S.6CH4/c26-22(30)12-8-3-1-2-4-9-13-23(31)27-20-14-16-21(17-15-20)29-24(32)28(25(33)34-29)18-19-10-6-5-7-11-19;24-20(28)10-6-1-2-7-11-21(29)25-18-12-14-19(15-13-18)27-22(30)26(23(31)32-27)16-17-8-4-3-5-9-17;22-18(26)8-4-5-9-19(27)23-16-10-12-17(13-11-16)25-20(28)24(21(29)30-25)14-15-6-2-1-3-7-15;1-12(20)14-7-9-15(10-8-14)19-17(21)16(18(22)23-19)11-13-5-3-2-4-6-13;17-12(15-20)7-4-8-16-13(18)11(14(19)21-16)9-10-5-2-1-3-6-10;;;;;;/h5-7,10-11,14-17H,1-4,8-9,12-13,18H2,(H2,26,30)(H,27,31);3-5,8-9,12-15H,1-2,6-7,10-11,16H2,(H2,24,28)(H,25,29);1-3,6-7,10-13H,4-5,8-9,14H2,(H2,22,26)(H,23,27);2-10,16H,11H2,1H3;1-7,11,20H,8-9H2,(H,15,17);6*1H4/b;;;;7-4+;;;;;;. The molecule has 9 aromatic carbocycles. The number of carbonyl (C=O) groups excluding carboxylic acids is 12. The number of nitrogens with two attached hydrogens (primary N) is 3. The number of primary amides is 3. The molecule has 0 radical (unpaired) electrons. The highest BCUT2D eigenvalue weighted by Crippen LogP contribution is 2.37. The van der Waals surface area contributed by atoms with Crippen molar-refractivity contribution < 1.29 is 62.7 Å². The van der Waals surface area contributed by atoms with Gasteiger partial charge in [-0.05, 0) is 183 Å². The molecule has 39 heteroatoms. The minimum atomic E-state index is -0.683. The van der Waals surface area contributed by atoms with Crippen LogP contribution in [-0.4, -0.2) is 111 Å². The van der Waals surface area contributed by atoms with Gasteiger partial charge in [0, 0.05) is 126 Å². The largest absolute Gasteiger partial charge is 0.370 e. The summed E-state index contributed by atoms with van der Waals surface area (Å²) in [4.78, 5) is 213. The fraction of sp³-hybridized carbons (Fsp3) is 0.308. The van der Waals surface area contributed by atoms with E-state index < -0.39 is 29.1 Å². The van der Waals surface area contributed by atoms with Gasteiger partial charge in [0.05, 0.1) is 48.9 Å². The van der Waals surface area contributed by atoms with Crippen LogP contribution in [0.1, 0.15) is 205 Å². The van der Waals surface area contributed by atoms with Crippen LogP contribution >= 0.6 is 58.5 Å². The summed E-state index contributed by atoms with van der Waals surface area (Å²) >= 11 is 4.33. The molecule has 14 rings (SSSR count). The molecule has 3 aromatic heterocycles. The van der Waals surface area contributed by atoms with Crippen LogP contribution in [0.2, 0.25) is 0 Å². The number of unbranched alkanes of at least 4 members (excludes halogenated alkanes) is 9. The predicted octanol–water partition coefficient (Wildman–Crippen LogP) is 16.6. The third-order valence-electron chi connectivity index (χ3n) is 21.5.